The predicted molar refractivity (Wildman–Crippen MR) is 87.8 cm³/mol. The number of ketones is 1. The molecule has 0 heterocycles. The summed E-state index contributed by atoms with van der Waals surface area (Å²) >= 11 is 0. The Morgan fingerprint density at radius 3 is 2.35 bits per heavy atom. The van der Waals surface area contributed by atoms with Crippen molar-refractivity contribution in [3.8, 4) is 11.5 Å². The van der Waals surface area contributed by atoms with Crippen LogP contribution in [0.15, 0.2) is 41.7 Å². The molecule has 0 saturated heterocycles. The zero-order valence-electron chi connectivity index (χ0n) is 14.1. The molecule has 1 aromatic rings. The number of hydrogen-bond donors (Lipinski definition) is 0. The first-order valence-electron chi connectivity index (χ1n) is 7.13. The van der Waals surface area contributed by atoms with Crippen molar-refractivity contribution in [3.63, 3.8) is 0 Å². The van der Waals surface area contributed by atoms with E-state index in [-0.39, 0.29) is 12.2 Å². The van der Waals surface area contributed by atoms with E-state index in [0.717, 1.165) is 11.1 Å². The van der Waals surface area contributed by atoms with E-state index >= 15 is 0 Å². The molecule has 0 aliphatic heterocycles. The number of carbonyl (C=O) groups excluding carboxylic acids is 2. The molecule has 0 aliphatic carbocycles. The first-order valence-corrected chi connectivity index (χ1v) is 7.13. The Bertz CT molecular complexity index is 637. The monoisotopic (exact) mass is 318 g/mol. The van der Waals surface area contributed by atoms with Crippen molar-refractivity contribution in [1.82, 2.24) is 0 Å². The fraction of sp³-hybridized carbons (Fsp3) is 0.333. The van der Waals surface area contributed by atoms with Gasteiger partial charge in [0.1, 0.15) is 0 Å². The number of rotatable bonds is 7. The highest BCUT2D eigenvalue weighted by atomic mass is 16.5. The first-order chi connectivity index (χ1) is 10.9. The molecule has 0 saturated carbocycles. The number of hydrogen-bond acceptors (Lipinski definition) is 5. The molecule has 0 radical (unpaired) electrons. The van der Waals surface area contributed by atoms with Crippen molar-refractivity contribution < 1.29 is 23.8 Å². The number of benzene rings is 1. The predicted octanol–water partition coefficient (Wildman–Crippen LogP) is 3.69. The number of methoxy groups -OCH3 is 2. The Labute approximate surface area is 136 Å². The van der Waals surface area contributed by atoms with Crippen LogP contribution in [-0.4, -0.2) is 26.0 Å². The summed E-state index contributed by atoms with van der Waals surface area (Å²) in [6.45, 7) is 5.56. The van der Waals surface area contributed by atoms with Gasteiger partial charge < -0.3 is 14.2 Å². The fourth-order valence-corrected chi connectivity index (χ4v) is 1.86. The van der Waals surface area contributed by atoms with Crippen LogP contribution in [0.2, 0.25) is 0 Å². The highest BCUT2D eigenvalue weighted by molar-refractivity contribution is 5.91. The van der Waals surface area contributed by atoms with E-state index in [1.54, 1.807) is 24.3 Å². The summed E-state index contributed by atoms with van der Waals surface area (Å²) in [4.78, 5) is 23.2. The Morgan fingerprint density at radius 1 is 1.09 bits per heavy atom. The van der Waals surface area contributed by atoms with Gasteiger partial charge in [0.15, 0.2) is 17.3 Å². The maximum atomic E-state index is 11.7. The molecule has 0 fully saturated rings. The Kier molecular flexibility index (Phi) is 7.06. The second-order valence-corrected chi connectivity index (χ2v) is 5.30. The van der Waals surface area contributed by atoms with Crippen molar-refractivity contribution in [1.29, 1.82) is 0 Å². The third-order valence-electron chi connectivity index (χ3n) is 2.87. The van der Waals surface area contributed by atoms with Crippen LogP contribution in [-0.2, 0) is 9.53 Å². The van der Waals surface area contributed by atoms with Crippen LogP contribution >= 0.6 is 0 Å². The van der Waals surface area contributed by atoms with Gasteiger partial charge in [-0.25, -0.2) is 4.79 Å². The van der Waals surface area contributed by atoms with Gasteiger partial charge in [-0.05, 0) is 50.6 Å². The molecule has 23 heavy (non-hydrogen) atoms. The summed E-state index contributed by atoms with van der Waals surface area (Å²) in [5.41, 5.74) is 2.12. The molecule has 0 unspecified atom stereocenters. The molecule has 0 bridgehead atoms. The third-order valence-corrected chi connectivity index (χ3v) is 2.87. The van der Waals surface area contributed by atoms with Crippen LogP contribution in [0.5, 0.6) is 11.5 Å². The number of ether oxygens (including phenoxy) is 3. The smallest absolute Gasteiger partial charge is 0.337 e. The first kappa shape index (κ1) is 18.5. The zero-order chi connectivity index (χ0) is 17.4. The van der Waals surface area contributed by atoms with E-state index in [1.165, 1.54) is 20.5 Å². The lowest BCUT2D eigenvalue weighted by Crippen LogP contribution is -2.02. The van der Waals surface area contributed by atoms with Crippen LogP contribution in [0.4, 0.5) is 0 Å². The van der Waals surface area contributed by atoms with Crippen molar-refractivity contribution in [3.05, 3.63) is 47.2 Å². The Morgan fingerprint density at radius 2 is 1.78 bits per heavy atom. The maximum Gasteiger partial charge on any atom is 0.337 e. The largest absolute Gasteiger partial charge is 0.493 e. The lowest BCUT2D eigenvalue weighted by Gasteiger charge is -2.09. The normalized spacial score (nSPS) is 10.7. The average molecular weight is 318 g/mol. The summed E-state index contributed by atoms with van der Waals surface area (Å²) in [6.07, 6.45) is 3.39. The van der Waals surface area contributed by atoms with Gasteiger partial charge >= 0.3 is 5.97 Å². The standard InChI is InChI=1S/C18H22O5/c1-12(2)8-15(19)9-13(3)11-23-16-7-6-14(18(20)22-5)10-17(16)21-4/h6-8,10-11H,9H2,1-5H3/b13-11+. The van der Waals surface area contributed by atoms with Crippen molar-refractivity contribution in [2.24, 2.45) is 0 Å². The van der Waals surface area contributed by atoms with E-state index < -0.39 is 5.97 Å². The number of carbonyl (C=O) groups is 2. The second kappa shape index (κ2) is 8.78. The molecule has 1 rings (SSSR count). The quantitative estimate of drug-likeness (QED) is 0.436. The zero-order valence-corrected chi connectivity index (χ0v) is 14.1. The van der Waals surface area contributed by atoms with Gasteiger partial charge in [-0.3, -0.25) is 4.79 Å². The van der Waals surface area contributed by atoms with Gasteiger partial charge in [0, 0.05) is 6.42 Å². The summed E-state index contributed by atoms with van der Waals surface area (Å²) in [7, 11) is 2.80. The molecule has 0 atom stereocenters. The molecule has 0 amide bonds. The summed E-state index contributed by atoms with van der Waals surface area (Å²) in [5, 5.41) is 0. The fourth-order valence-electron chi connectivity index (χ4n) is 1.86. The van der Waals surface area contributed by atoms with E-state index in [0.29, 0.717) is 17.1 Å². The van der Waals surface area contributed by atoms with Crippen molar-refractivity contribution in [2.75, 3.05) is 14.2 Å². The molecule has 1 aromatic carbocycles. The Balaban J connectivity index is 2.84. The molecular weight excluding hydrogens is 296 g/mol. The van der Waals surface area contributed by atoms with Gasteiger partial charge in [0.2, 0.25) is 0 Å². The average Bonchev–Trinajstić information content (AvgIpc) is 2.50. The lowest BCUT2D eigenvalue weighted by molar-refractivity contribution is -0.114. The van der Waals surface area contributed by atoms with E-state index in [9.17, 15) is 9.59 Å². The van der Waals surface area contributed by atoms with Crippen LogP contribution < -0.4 is 9.47 Å². The van der Waals surface area contributed by atoms with Gasteiger partial charge in [0.25, 0.3) is 0 Å². The third kappa shape index (κ3) is 5.98. The minimum atomic E-state index is -0.450. The van der Waals surface area contributed by atoms with Crippen LogP contribution in [0.25, 0.3) is 0 Å². The SMILES string of the molecule is COC(=O)c1ccc(O/C=C(\C)CC(=O)C=C(C)C)c(OC)c1. The topological polar surface area (TPSA) is 61.8 Å². The molecule has 0 aromatic heterocycles. The van der Waals surface area contributed by atoms with Crippen molar-refractivity contribution >= 4 is 11.8 Å². The van der Waals surface area contributed by atoms with Crippen LogP contribution in [0, 0.1) is 0 Å². The minimum Gasteiger partial charge on any atom is -0.493 e. The molecule has 124 valence electrons. The van der Waals surface area contributed by atoms with Crippen molar-refractivity contribution in [2.45, 2.75) is 27.2 Å². The maximum absolute atomic E-state index is 11.7. The van der Waals surface area contributed by atoms with Gasteiger partial charge in [-0.15, -0.1) is 0 Å². The van der Waals surface area contributed by atoms with E-state index in [4.69, 9.17) is 9.47 Å². The molecule has 0 N–H and O–H groups in total. The van der Waals surface area contributed by atoms with E-state index in [2.05, 4.69) is 4.74 Å². The Hall–Kier alpha value is -2.56. The minimum absolute atomic E-state index is 0.0235. The summed E-state index contributed by atoms with van der Waals surface area (Å²) < 4.78 is 15.4. The van der Waals surface area contributed by atoms with Crippen LogP contribution in [0.3, 0.4) is 0 Å². The number of esters is 1. The van der Waals surface area contributed by atoms with E-state index in [1.807, 2.05) is 20.8 Å². The van der Waals surface area contributed by atoms with Gasteiger partial charge in [-0.1, -0.05) is 5.57 Å². The summed E-state index contributed by atoms with van der Waals surface area (Å²) in [5.74, 6) is 0.436. The van der Waals surface area contributed by atoms with Gasteiger partial charge in [0.05, 0.1) is 26.0 Å². The molecule has 5 nitrogen and oxygen atoms in total. The molecule has 0 aliphatic rings. The lowest BCUT2D eigenvalue weighted by atomic mass is 10.1. The highest BCUT2D eigenvalue weighted by Gasteiger charge is 2.11. The van der Waals surface area contributed by atoms with Crippen LogP contribution in [0.1, 0.15) is 37.6 Å². The molecule has 5 heteroatoms. The molecular formula is C18H22O5. The highest BCUT2D eigenvalue weighted by Crippen LogP contribution is 2.29. The van der Waals surface area contributed by atoms with Gasteiger partial charge in [-0.2, -0.15) is 0 Å². The number of allylic oxidation sites excluding steroid dienone is 3. The summed E-state index contributed by atoms with van der Waals surface area (Å²) in [6, 6.07) is 4.74. The molecule has 0 spiro atoms. The second-order valence-electron chi connectivity index (χ2n) is 5.30.